The van der Waals surface area contributed by atoms with Crippen molar-refractivity contribution < 1.29 is 19.1 Å². The number of nitrogens with one attached hydrogen (secondary N) is 1. The summed E-state index contributed by atoms with van der Waals surface area (Å²) in [5.74, 6) is 0.1000. The fourth-order valence-electron chi connectivity index (χ4n) is 3.00. The molecule has 0 aliphatic rings. The van der Waals surface area contributed by atoms with Gasteiger partial charge in [0.1, 0.15) is 5.75 Å². The average molecular weight is 365 g/mol. The van der Waals surface area contributed by atoms with Crippen molar-refractivity contribution in [3.8, 4) is 5.75 Å². The summed E-state index contributed by atoms with van der Waals surface area (Å²) >= 11 is 0. The molecule has 0 unspecified atom stereocenters. The number of carbonyl (C=O) groups excluding carboxylic acids is 2. The van der Waals surface area contributed by atoms with Gasteiger partial charge in [0.05, 0.1) is 6.61 Å². The van der Waals surface area contributed by atoms with Gasteiger partial charge in [0.15, 0.2) is 6.10 Å². The van der Waals surface area contributed by atoms with Gasteiger partial charge in [0, 0.05) is 29.1 Å². The molecule has 140 valence electrons. The Morgan fingerprint density at radius 1 is 1.07 bits per heavy atom. The molecule has 2 aromatic carbocycles. The minimum Gasteiger partial charge on any atom is -0.494 e. The van der Waals surface area contributed by atoms with Crippen LogP contribution in [0.2, 0.25) is 0 Å². The maximum atomic E-state index is 12.4. The van der Waals surface area contributed by atoms with Crippen LogP contribution in [0.3, 0.4) is 0 Å². The Labute approximate surface area is 158 Å². The third-order valence-electron chi connectivity index (χ3n) is 4.40. The topological polar surface area (TPSA) is 68.4 Å². The number of carbonyl (C=O) groups is 2. The summed E-state index contributed by atoms with van der Waals surface area (Å²) in [7, 11) is 0. The van der Waals surface area contributed by atoms with E-state index in [0.717, 1.165) is 16.5 Å². The van der Waals surface area contributed by atoms with Gasteiger partial charge in [-0.15, -0.1) is 0 Å². The molecular formula is C22H23NO4. The molecule has 1 atom stereocenters. The van der Waals surface area contributed by atoms with E-state index >= 15 is 0 Å². The van der Waals surface area contributed by atoms with E-state index in [4.69, 9.17) is 9.47 Å². The van der Waals surface area contributed by atoms with Crippen LogP contribution in [0.4, 0.5) is 0 Å². The van der Waals surface area contributed by atoms with Gasteiger partial charge in [-0.05, 0) is 56.2 Å². The number of fused-ring (bicyclic) bond motifs is 1. The van der Waals surface area contributed by atoms with Crippen LogP contribution in [-0.2, 0) is 16.0 Å². The highest BCUT2D eigenvalue weighted by Gasteiger charge is 2.19. The first-order valence-electron chi connectivity index (χ1n) is 9.10. The van der Waals surface area contributed by atoms with Gasteiger partial charge in [-0.2, -0.15) is 0 Å². The molecule has 1 aromatic heterocycles. The zero-order chi connectivity index (χ0) is 19.2. The van der Waals surface area contributed by atoms with Crippen molar-refractivity contribution in [3.05, 3.63) is 65.9 Å². The van der Waals surface area contributed by atoms with Crippen molar-refractivity contribution in [1.29, 1.82) is 0 Å². The summed E-state index contributed by atoms with van der Waals surface area (Å²) in [5, 5.41) is 1.10. The lowest BCUT2D eigenvalue weighted by atomic mass is 10.1. The Balaban J connectivity index is 1.54. The summed E-state index contributed by atoms with van der Waals surface area (Å²) in [4.78, 5) is 27.8. The highest BCUT2D eigenvalue weighted by Crippen LogP contribution is 2.19. The first-order chi connectivity index (χ1) is 13.1. The molecule has 5 heteroatoms. The van der Waals surface area contributed by atoms with E-state index in [1.54, 1.807) is 31.2 Å². The number of rotatable bonds is 8. The lowest BCUT2D eigenvalue weighted by Gasteiger charge is -2.12. The number of benzene rings is 2. The van der Waals surface area contributed by atoms with Gasteiger partial charge in [-0.1, -0.05) is 18.2 Å². The molecule has 0 bridgehead atoms. The zero-order valence-electron chi connectivity index (χ0n) is 15.5. The second-order valence-corrected chi connectivity index (χ2v) is 6.31. The SMILES string of the molecule is CCOc1ccc(C(=O)[C@@H](C)OC(=O)CCc2c[nH]c3ccccc23)cc1. The number of H-pyrrole nitrogens is 1. The average Bonchev–Trinajstić information content (AvgIpc) is 3.10. The minimum absolute atomic E-state index is 0.224. The van der Waals surface area contributed by atoms with Crippen LogP contribution in [0, 0.1) is 0 Å². The Hall–Kier alpha value is -3.08. The molecule has 3 rings (SSSR count). The fourth-order valence-corrected chi connectivity index (χ4v) is 3.00. The van der Waals surface area contributed by atoms with Crippen molar-refractivity contribution in [1.82, 2.24) is 4.98 Å². The molecule has 1 N–H and O–H groups in total. The van der Waals surface area contributed by atoms with Crippen LogP contribution < -0.4 is 4.74 Å². The summed E-state index contributed by atoms with van der Waals surface area (Å²) in [6, 6.07) is 14.8. The van der Waals surface area contributed by atoms with Crippen molar-refractivity contribution in [2.24, 2.45) is 0 Å². The molecule has 5 nitrogen and oxygen atoms in total. The molecular weight excluding hydrogens is 342 g/mol. The monoisotopic (exact) mass is 365 g/mol. The van der Waals surface area contributed by atoms with E-state index in [2.05, 4.69) is 4.98 Å². The summed E-state index contributed by atoms with van der Waals surface area (Å²) in [6.07, 6.45) is 1.88. The van der Waals surface area contributed by atoms with E-state index < -0.39 is 6.10 Å². The van der Waals surface area contributed by atoms with Crippen molar-refractivity contribution in [3.63, 3.8) is 0 Å². The molecule has 1 heterocycles. The lowest BCUT2D eigenvalue weighted by Crippen LogP contribution is -2.24. The maximum absolute atomic E-state index is 12.4. The number of esters is 1. The molecule has 0 aliphatic carbocycles. The predicted molar refractivity (Wildman–Crippen MR) is 104 cm³/mol. The number of aromatic nitrogens is 1. The number of hydrogen-bond acceptors (Lipinski definition) is 4. The van der Waals surface area contributed by atoms with E-state index in [0.29, 0.717) is 24.3 Å². The van der Waals surface area contributed by atoms with Crippen molar-refractivity contribution >= 4 is 22.7 Å². The second-order valence-electron chi connectivity index (χ2n) is 6.31. The highest BCUT2D eigenvalue weighted by atomic mass is 16.5. The molecule has 0 saturated heterocycles. The van der Waals surface area contributed by atoms with Crippen LogP contribution in [0.1, 0.15) is 36.2 Å². The Morgan fingerprint density at radius 2 is 1.81 bits per heavy atom. The van der Waals surface area contributed by atoms with E-state index in [1.807, 2.05) is 37.4 Å². The third kappa shape index (κ3) is 4.56. The Morgan fingerprint density at radius 3 is 2.56 bits per heavy atom. The van der Waals surface area contributed by atoms with Crippen molar-refractivity contribution in [2.75, 3.05) is 6.61 Å². The van der Waals surface area contributed by atoms with Crippen molar-refractivity contribution in [2.45, 2.75) is 32.8 Å². The van der Waals surface area contributed by atoms with E-state index in [1.165, 1.54) is 0 Å². The van der Waals surface area contributed by atoms with Crippen LogP contribution in [-0.4, -0.2) is 29.4 Å². The van der Waals surface area contributed by atoms with E-state index in [-0.39, 0.29) is 18.2 Å². The second kappa shape index (κ2) is 8.54. The normalized spacial score (nSPS) is 11.9. The molecule has 0 fully saturated rings. The first-order valence-corrected chi connectivity index (χ1v) is 9.10. The number of aromatic amines is 1. The number of ketones is 1. The number of hydrogen-bond donors (Lipinski definition) is 1. The quantitative estimate of drug-likeness (QED) is 0.477. The number of ether oxygens (including phenoxy) is 2. The van der Waals surface area contributed by atoms with Gasteiger partial charge >= 0.3 is 5.97 Å². The Kier molecular flexibility index (Phi) is 5.91. The van der Waals surface area contributed by atoms with E-state index in [9.17, 15) is 9.59 Å². The van der Waals surface area contributed by atoms with Gasteiger partial charge in [0.25, 0.3) is 0 Å². The molecule has 27 heavy (non-hydrogen) atoms. The van der Waals surface area contributed by atoms with Crippen LogP contribution >= 0.6 is 0 Å². The highest BCUT2D eigenvalue weighted by molar-refractivity contribution is 6.00. The molecule has 0 radical (unpaired) electrons. The predicted octanol–water partition coefficient (Wildman–Crippen LogP) is 4.31. The zero-order valence-corrected chi connectivity index (χ0v) is 15.5. The minimum atomic E-state index is -0.821. The third-order valence-corrected chi connectivity index (χ3v) is 4.40. The van der Waals surface area contributed by atoms with Gasteiger partial charge < -0.3 is 14.5 Å². The lowest BCUT2D eigenvalue weighted by molar-refractivity contribution is -0.146. The van der Waals surface area contributed by atoms with Crippen LogP contribution in [0.5, 0.6) is 5.75 Å². The van der Waals surface area contributed by atoms with Crippen LogP contribution in [0.15, 0.2) is 54.7 Å². The molecule has 3 aromatic rings. The maximum Gasteiger partial charge on any atom is 0.306 e. The molecule has 0 spiro atoms. The molecule has 0 saturated carbocycles. The van der Waals surface area contributed by atoms with Crippen LogP contribution in [0.25, 0.3) is 10.9 Å². The van der Waals surface area contributed by atoms with Gasteiger partial charge in [-0.3, -0.25) is 9.59 Å². The number of para-hydroxylation sites is 1. The standard InChI is InChI=1S/C22H23NO4/c1-3-26-18-11-8-16(9-12-18)22(25)15(2)27-21(24)13-10-17-14-23-20-7-5-4-6-19(17)20/h4-9,11-12,14-15,23H,3,10,13H2,1-2H3/t15-/m1/s1. The number of Topliss-reactive ketones (excluding diaryl/α,β-unsaturated/α-hetero) is 1. The summed E-state index contributed by atoms with van der Waals surface area (Å²) in [6.45, 7) is 4.07. The molecule has 0 amide bonds. The molecule has 0 aliphatic heterocycles. The van der Waals surface area contributed by atoms with Gasteiger partial charge in [0.2, 0.25) is 5.78 Å². The van der Waals surface area contributed by atoms with Gasteiger partial charge in [-0.25, -0.2) is 0 Å². The summed E-state index contributed by atoms with van der Waals surface area (Å²) < 4.78 is 10.7. The fraction of sp³-hybridized carbons (Fsp3) is 0.273. The first kappa shape index (κ1) is 18.7. The number of aryl methyl sites for hydroxylation is 1. The largest absolute Gasteiger partial charge is 0.494 e. The summed E-state index contributed by atoms with van der Waals surface area (Å²) in [5.41, 5.74) is 2.60. The smallest absolute Gasteiger partial charge is 0.306 e. The Bertz CT molecular complexity index is 927.